The molecule has 1 saturated heterocycles. The van der Waals surface area contributed by atoms with Crippen molar-refractivity contribution >= 4 is 17.6 Å². The maximum atomic E-state index is 12.6. The summed E-state index contributed by atoms with van der Waals surface area (Å²) in [7, 11) is 0. The largest absolute Gasteiger partial charge is 0.490 e. The number of ether oxygens (including phenoxy) is 1. The lowest BCUT2D eigenvalue weighted by molar-refractivity contribution is -0.138. The van der Waals surface area contributed by atoms with E-state index in [2.05, 4.69) is 5.32 Å². The van der Waals surface area contributed by atoms with Crippen LogP contribution in [0.25, 0.3) is 0 Å². The van der Waals surface area contributed by atoms with Crippen LogP contribution in [0.2, 0.25) is 0 Å². The average molecular weight is 330 g/mol. The van der Waals surface area contributed by atoms with Crippen LogP contribution in [-0.4, -0.2) is 47.7 Å². The molecular formula is C18H22N2O4. The monoisotopic (exact) mass is 330 g/mol. The van der Waals surface area contributed by atoms with Gasteiger partial charge in [0.2, 0.25) is 11.8 Å². The zero-order valence-corrected chi connectivity index (χ0v) is 13.8. The van der Waals surface area contributed by atoms with Crippen molar-refractivity contribution in [1.29, 1.82) is 0 Å². The van der Waals surface area contributed by atoms with E-state index < -0.39 is 12.1 Å². The van der Waals surface area contributed by atoms with Gasteiger partial charge in [-0.3, -0.25) is 14.4 Å². The Morgan fingerprint density at radius 1 is 1.33 bits per heavy atom. The maximum absolute atomic E-state index is 12.6. The lowest BCUT2D eigenvalue weighted by Gasteiger charge is -2.28. The number of hydrogen-bond acceptors (Lipinski definition) is 4. The van der Waals surface area contributed by atoms with E-state index in [0.29, 0.717) is 30.7 Å². The van der Waals surface area contributed by atoms with E-state index in [0.717, 1.165) is 12.8 Å². The quantitative estimate of drug-likeness (QED) is 0.908. The van der Waals surface area contributed by atoms with Gasteiger partial charge in [-0.05, 0) is 31.4 Å². The van der Waals surface area contributed by atoms with Crippen molar-refractivity contribution in [3.8, 4) is 5.75 Å². The molecule has 0 aliphatic carbocycles. The van der Waals surface area contributed by atoms with E-state index in [1.807, 2.05) is 6.92 Å². The summed E-state index contributed by atoms with van der Waals surface area (Å²) in [5.74, 6) is 0.147. The molecule has 1 N–H and O–H groups in total. The Labute approximate surface area is 141 Å². The van der Waals surface area contributed by atoms with Crippen molar-refractivity contribution < 1.29 is 19.1 Å². The van der Waals surface area contributed by atoms with Crippen LogP contribution in [0.1, 0.15) is 43.0 Å². The Morgan fingerprint density at radius 2 is 2.12 bits per heavy atom. The number of amides is 2. The van der Waals surface area contributed by atoms with Crippen LogP contribution in [0, 0.1) is 0 Å². The summed E-state index contributed by atoms with van der Waals surface area (Å²) in [6, 6.07) is 5.84. The number of fused-ring (bicyclic) bond motifs is 1. The van der Waals surface area contributed by atoms with Crippen LogP contribution in [0.5, 0.6) is 5.75 Å². The minimum absolute atomic E-state index is 0.00622. The molecule has 2 amide bonds. The lowest BCUT2D eigenvalue weighted by atomic mass is 10.0. The van der Waals surface area contributed by atoms with Gasteiger partial charge in [-0.2, -0.15) is 0 Å². The van der Waals surface area contributed by atoms with Gasteiger partial charge in [-0.1, -0.05) is 19.1 Å². The highest BCUT2D eigenvalue weighted by Crippen LogP contribution is 2.25. The SMILES string of the molecule is CCCC(=O)N1CCCC1C(=O)NC1COc2ccccc2C1=O. The molecule has 1 aromatic rings. The second kappa shape index (κ2) is 7.03. The molecule has 3 rings (SSSR count). The third-order valence-electron chi connectivity index (χ3n) is 4.53. The number of benzene rings is 1. The molecule has 0 aromatic heterocycles. The van der Waals surface area contributed by atoms with Crippen molar-refractivity contribution in [3.63, 3.8) is 0 Å². The molecule has 1 aromatic carbocycles. The molecule has 2 unspecified atom stereocenters. The topological polar surface area (TPSA) is 75.7 Å². The second-order valence-electron chi connectivity index (χ2n) is 6.23. The van der Waals surface area contributed by atoms with Gasteiger partial charge in [0.15, 0.2) is 5.78 Å². The number of Topliss-reactive ketones (excluding diaryl/α,β-unsaturated/α-hetero) is 1. The molecule has 6 heteroatoms. The van der Waals surface area contributed by atoms with Gasteiger partial charge >= 0.3 is 0 Å². The van der Waals surface area contributed by atoms with E-state index in [-0.39, 0.29) is 24.2 Å². The molecule has 2 aliphatic heterocycles. The minimum Gasteiger partial charge on any atom is -0.490 e. The fraction of sp³-hybridized carbons (Fsp3) is 0.500. The van der Waals surface area contributed by atoms with Gasteiger partial charge in [0.1, 0.15) is 24.4 Å². The minimum atomic E-state index is -0.698. The summed E-state index contributed by atoms with van der Waals surface area (Å²) in [4.78, 5) is 38.9. The molecule has 128 valence electrons. The summed E-state index contributed by atoms with van der Waals surface area (Å²) in [5.41, 5.74) is 0.486. The molecule has 0 spiro atoms. The Bertz CT molecular complexity index is 658. The first-order chi connectivity index (χ1) is 11.6. The number of likely N-dealkylation sites (tertiary alicyclic amines) is 1. The van der Waals surface area contributed by atoms with E-state index in [1.165, 1.54) is 0 Å². The zero-order chi connectivity index (χ0) is 17.1. The van der Waals surface area contributed by atoms with Crippen LogP contribution in [0.4, 0.5) is 0 Å². The van der Waals surface area contributed by atoms with E-state index in [9.17, 15) is 14.4 Å². The van der Waals surface area contributed by atoms with E-state index in [4.69, 9.17) is 4.74 Å². The fourth-order valence-corrected chi connectivity index (χ4v) is 3.30. The molecule has 2 aliphatic rings. The first-order valence-electron chi connectivity index (χ1n) is 8.47. The van der Waals surface area contributed by atoms with Gasteiger partial charge in [0, 0.05) is 13.0 Å². The van der Waals surface area contributed by atoms with Gasteiger partial charge < -0.3 is 15.0 Å². The van der Waals surface area contributed by atoms with Gasteiger partial charge in [0.05, 0.1) is 5.56 Å². The highest BCUT2D eigenvalue weighted by atomic mass is 16.5. The predicted molar refractivity (Wildman–Crippen MR) is 87.8 cm³/mol. The molecule has 1 fully saturated rings. The Morgan fingerprint density at radius 3 is 2.92 bits per heavy atom. The smallest absolute Gasteiger partial charge is 0.243 e. The summed E-state index contributed by atoms with van der Waals surface area (Å²) in [6.45, 7) is 2.67. The van der Waals surface area contributed by atoms with Crippen molar-refractivity contribution in [2.24, 2.45) is 0 Å². The number of para-hydroxylation sites is 1. The van der Waals surface area contributed by atoms with Crippen LogP contribution in [-0.2, 0) is 9.59 Å². The number of nitrogens with one attached hydrogen (secondary N) is 1. The highest BCUT2D eigenvalue weighted by molar-refractivity contribution is 6.05. The fourth-order valence-electron chi connectivity index (χ4n) is 3.30. The Hall–Kier alpha value is -2.37. The van der Waals surface area contributed by atoms with Gasteiger partial charge in [-0.25, -0.2) is 0 Å². The van der Waals surface area contributed by atoms with Crippen molar-refractivity contribution in [2.45, 2.75) is 44.7 Å². The molecule has 6 nitrogen and oxygen atoms in total. The summed E-state index contributed by atoms with van der Waals surface area (Å²) >= 11 is 0. The lowest BCUT2D eigenvalue weighted by Crippen LogP contribution is -2.53. The number of carbonyl (C=O) groups excluding carboxylic acids is 3. The molecule has 2 atom stereocenters. The molecule has 24 heavy (non-hydrogen) atoms. The number of rotatable bonds is 4. The molecule has 0 bridgehead atoms. The Balaban J connectivity index is 1.67. The molecule has 0 saturated carbocycles. The average Bonchev–Trinajstić information content (AvgIpc) is 3.08. The van der Waals surface area contributed by atoms with Crippen LogP contribution in [0.3, 0.4) is 0 Å². The predicted octanol–water partition coefficient (Wildman–Crippen LogP) is 1.54. The first kappa shape index (κ1) is 16.5. The van der Waals surface area contributed by atoms with Crippen molar-refractivity contribution in [1.82, 2.24) is 10.2 Å². The van der Waals surface area contributed by atoms with E-state index >= 15 is 0 Å². The number of ketones is 1. The van der Waals surface area contributed by atoms with Crippen LogP contribution in [0.15, 0.2) is 24.3 Å². The number of carbonyl (C=O) groups is 3. The number of nitrogens with zero attached hydrogens (tertiary/aromatic N) is 1. The summed E-state index contributed by atoms with van der Waals surface area (Å²) in [5, 5.41) is 2.77. The highest BCUT2D eigenvalue weighted by Gasteiger charge is 2.37. The van der Waals surface area contributed by atoms with Crippen LogP contribution < -0.4 is 10.1 Å². The van der Waals surface area contributed by atoms with Gasteiger partial charge in [-0.15, -0.1) is 0 Å². The second-order valence-corrected chi connectivity index (χ2v) is 6.23. The molecular weight excluding hydrogens is 308 g/mol. The van der Waals surface area contributed by atoms with Crippen molar-refractivity contribution in [2.75, 3.05) is 13.2 Å². The number of hydrogen-bond donors (Lipinski definition) is 1. The third-order valence-corrected chi connectivity index (χ3v) is 4.53. The standard InChI is InChI=1S/C18H22N2O4/c1-2-6-16(21)20-10-5-8-14(20)18(23)19-13-11-24-15-9-4-3-7-12(15)17(13)22/h3-4,7,9,13-14H,2,5-6,8,10-11H2,1H3,(H,19,23). The van der Waals surface area contributed by atoms with Crippen LogP contribution >= 0.6 is 0 Å². The van der Waals surface area contributed by atoms with E-state index in [1.54, 1.807) is 29.2 Å². The maximum Gasteiger partial charge on any atom is 0.243 e. The molecule has 2 heterocycles. The van der Waals surface area contributed by atoms with Crippen molar-refractivity contribution in [3.05, 3.63) is 29.8 Å². The summed E-state index contributed by atoms with van der Waals surface area (Å²) < 4.78 is 5.57. The summed E-state index contributed by atoms with van der Waals surface area (Å²) in [6.07, 6.45) is 2.66. The van der Waals surface area contributed by atoms with Gasteiger partial charge in [0.25, 0.3) is 0 Å². The first-order valence-corrected chi connectivity index (χ1v) is 8.47. The normalized spacial score (nSPS) is 22.7. The zero-order valence-electron chi connectivity index (χ0n) is 13.8. The molecule has 0 radical (unpaired) electrons. The Kier molecular flexibility index (Phi) is 4.83. The third kappa shape index (κ3) is 3.13.